The first-order valence-corrected chi connectivity index (χ1v) is 3.12. The Labute approximate surface area is 75.0 Å². The predicted octanol–water partition coefficient (Wildman–Crippen LogP) is 1.75. The van der Waals surface area contributed by atoms with Crippen LogP contribution in [-0.2, 0) is 6.54 Å². The van der Waals surface area contributed by atoms with Crippen LogP contribution in [0.2, 0.25) is 5.15 Å². The van der Waals surface area contributed by atoms with Crippen molar-refractivity contribution >= 4 is 24.0 Å². The highest BCUT2D eigenvalue weighted by molar-refractivity contribution is 6.29. The second kappa shape index (κ2) is 4.49. The zero-order chi connectivity index (χ0) is 7.56. The van der Waals surface area contributed by atoms with Gasteiger partial charge in [-0.2, -0.15) is 0 Å². The van der Waals surface area contributed by atoms with E-state index in [2.05, 4.69) is 4.98 Å². The van der Waals surface area contributed by atoms with E-state index in [4.69, 9.17) is 17.3 Å². The van der Waals surface area contributed by atoms with Crippen molar-refractivity contribution in [3.05, 3.63) is 28.8 Å². The quantitative estimate of drug-likeness (QED) is 0.696. The van der Waals surface area contributed by atoms with Gasteiger partial charge in [0.25, 0.3) is 0 Å². The van der Waals surface area contributed by atoms with Gasteiger partial charge in [0.1, 0.15) is 11.0 Å². The molecule has 2 N–H and O–H groups in total. The summed E-state index contributed by atoms with van der Waals surface area (Å²) in [7, 11) is 0. The fourth-order valence-electron chi connectivity index (χ4n) is 0.608. The highest BCUT2D eigenvalue weighted by Gasteiger charge is 1.99. The first-order valence-electron chi connectivity index (χ1n) is 2.74. The van der Waals surface area contributed by atoms with Gasteiger partial charge in [0.2, 0.25) is 0 Å². The highest BCUT2D eigenvalue weighted by atomic mass is 35.5. The SMILES string of the molecule is Cl.NCc1cc(Cl)ncc1F. The van der Waals surface area contributed by atoms with Crippen LogP contribution in [0.1, 0.15) is 5.56 Å². The van der Waals surface area contributed by atoms with Gasteiger partial charge in [0, 0.05) is 12.1 Å². The van der Waals surface area contributed by atoms with Crippen molar-refractivity contribution in [2.45, 2.75) is 6.54 Å². The summed E-state index contributed by atoms with van der Waals surface area (Å²) in [5.74, 6) is -0.410. The second-order valence-electron chi connectivity index (χ2n) is 1.80. The van der Waals surface area contributed by atoms with Crippen LogP contribution >= 0.6 is 24.0 Å². The van der Waals surface area contributed by atoms with E-state index in [1.54, 1.807) is 0 Å². The van der Waals surface area contributed by atoms with E-state index in [0.29, 0.717) is 5.56 Å². The first-order chi connectivity index (χ1) is 4.74. The monoisotopic (exact) mass is 196 g/mol. The normalized spacial score (nSPS) is 9.00. The molecule has 0 radical (unpaired) electrons. The van der Waals surface area contributed by atoms with Crippen LogP contribution < -0.4 is 5.73 Å². The number of hydrogen-bond donors (Lipinski definition) is 1. The van der Waals surface area contributed by atoms with Crippen molar-refractivity contribution in [2.75, 3.05) is 0 Å². The Morgan fingerprint density at radius 3 is 2.73 bits per heavy atom. The van der Waals surface area contributed by atoms with Crippen LogP contribution in [0.4, 0.5) is 4.39 Å². The summed E-state index contributed by atoms with van der Waals surface area (Å²) in [6, 6.07) is 1.41. The number of nitrogens with two attached hydrogens (primary N) is 1. The average molecular weight is 197 g/mol. The van der Waals surface area contributed by atoms with Crippen molar-refractivity contribution < 1.29 is 4.39 Å². The van der Waals surface area contributed by atoms with E-state index in [9.17, 15) is 4.39 Å². The number of aromatic nitrogens is 1. The third-order valence-corrected chi connectivity index (χ3v) is 1.33. The number of rotatable bonds is 1. The first kappa shape index (κ1) is 10.6. The summed E-state index contributed by atoms with van der Waals surface area (Å²) in [4.78, 5) is 3.52. The molecule has 62 valence electrons. The fraction of sp³-hybridized carbons (Fsp3) is 0.167. The average Bonchev–Trinajstić information content (AvgIpc) is 1.94. The van der Waals surface area contributed by atoms with Crippen molar-refractivity contribution in [1.82, 2.24) is 4.98 Å². The summed E-state index contributed by atoms with van der Waals surface area (Å²) in [6.07, 6.45) is 1.06. The Morgan fingerprint density at radius 1 is 1.64 bits per heavy atom. The zero-order valence-corrected chi connectivity index (χ0v) is 7.12. The van der Waals surface area contributed by atoms with Gasteiger partial charge in [-0.1, -0.05) is 11.6 Å². The van der Waals surface area contributed by atoms with Crippen LogP contribution in [0, 0.1) is 5.82 Å². The fourth-order valence-corrected chi connectivity index (χ4v) is 0.788. The summed E-state index contributed by atoms with van der Waals surface area (Å²) >= 11 is 5.46. The highest BCUT2D eigenvalue weighted by Crippen LogP contribution is 2.10. The molecule has 1 aromatic heterocycles. The maximum Gasteiger partial charge on any atom is 0.146 e. The Hall–Kier alpha value is -0.380. The van der Waals surface area contributed by atoms with E-state index in [1.807, 2.05) is 0 Å². The molecule has 0 unspecified atom stereocenters. The molecule has 1 rings (SSSR count). The van der Waals surface area contributed by atoms with Gasteiger partial charge in [-0.05, 0) is 6.07 Å². The third kappa shape index (κ3) is 2.61. The number of hydrogen-bond acceptors (Lipinski definition) is 2. The van der Waals surface area contributed by atoms with Crippen LogP contribution in [0.25, 0.3) is 0 Å². The van der Waals surface area contributed by atoms with Crippen molar-refractivity contribution in [1.29, 1.82) is 0 Å². The number of nitrogens with zero attached hydrogens (tertiary/aromatic N) is 1. The smallest absolute Gasteiger partial charge is 0.146 e. The van der Waals surface area contributed by atoms with Gasteiger partial charge in [-0.15, -0.1) is 12.4 Å². The molecular weight excluding hydrogens is 190 g/mol. The van der Waals surface area contributed by atoms with E-state index in [-0.39, 0.29) is 24.1 Å². The molecule has 0 saturated carbocycles. The van der Waals surface area contributed by atoms with Gasteiger partial charge in [-0.3, -0.25) is 0 Å². The molecule has 0 aromatic carbocycles. The molecule has 0 aliphatic rings. The van der Waals surface area contributed by atoms with Crippen molar-refractivity contribution in [2.24, 2.45) is 5.73 Å². The molecule has 1 aromatic rings. The molecule has 0 saturated heterocycles. The Morgan fingerprint density at radius 2 is 2.27 bits per heavy atom. The van der Waals surface area contributed by atoms with E-state index >= 15 is 0 Å². The van der Waals surface area contributed by atoms with Gasteiger partial charge in [0.15, 0.2) is 0 Å². The minimum absolute atomic E-state index is 0. The number of halogens is 3. The topological polar surface area (TPSA) is 38.9 Å². The molecule has 0 aliphatic carbocycles. The molecule has 5 heteroatoms. The molecule has 0 spiro atoms. The molecule has 0 fully saturated rings. The molecule has 1 heterocycles. The Bertz CT molecular complexity index is 242. The van der Waals surface area contributed by atoms with Crippen molar-refractivity contribution in [3.8, 4) is 0 Å². The standard InChI is InChI=1S/C6H6ClFN2.ClH/c7-6-1-4(2-9)5(8)3-10-6;/h1,3H,2,9H2;1H. The maximum absolute atomic E-state index is 12.6. The van der Waals surface area contributed by atoms with E-state index < -0.39 is 5.82 Å². The Balaban J connectivity index is 0.000001000. The third-order valence-electron chi connectivity index (χ3n) is 1.12. The lowest BCUT2D eigenvalue weighted by Crippen LogP contribution is -2.00. The molecule has 0 bridgehead atoms. The van der Waals surface area contributed by atoms with Gasteiger partial charge >= 0.3 is 0 Å². The van der Waals surface area contributed by atoms with Crippen LogP contribution in [0.5, 0.6) is 0 Å². The molecule has 2 nitrogen and oxygen atoms in total. The van der Waals surface area contributed by atoms with Crippen LogP contribution in [0.3, 0.4) is 0 Å². The van der Waals surface area contributed by atoms with E-state index in [1.165, 1.54) is 6.07 Å². The lowest BCUT2D eigenvalue weighted by atomic mass is 10.3. The summed E-state index contributed by atoms with van der Waals surface area (Å²) in [5.41, 5.74) is 5.58. The lowest BCUT2D eigenvalue weighted by Gasteiger charge is -1.97. The summed E-state index contributed by atoms with van der Waals surface area (Å²) in [6.45, 7) is 0.147. The minimum atomic E-state index is -0.410. The zero-order valence-electron chi connectivity index (χ0n) is 5.55. The molecule has 0 amide bonds. The minimum Gasteiger partial charge on any atom is -0.326 e. The van der Waals surface area contributed by atoms with Gasteiger partial charge < -0.3 is 5.73 Å². The van der Waals surface area contributed by atoms with Gasteiger partial charge in [0.05, 0.1) is 6.20 Å². The van der Waals surface area contributed by atoms with Crippen LogP contribution in [-0.4, -0.2) is 4.98 Å². The second-order valence-corrected chi connectivity index (χ2v) is 2.19. The van der Waals surface area contributed by atoms with Crippen molar-refractivity contribution in [3.63, 3.8) is 0 Å². The Kier molecular flexibility index (Phi) is 4.33. The summed E-state index contributed by atoms with van der Waals surface area (Å²) in [5, 5.41) is 0.266. The molecule has 11 heavy (non-hydrogen) atoms. The maximum atomic E-state index is 12.6. The summed E-state index contributed by atoms with van der Waals surface area (Å²) < 4.78 is 12.6. The predicted molar refractivity (Wildman–Crippen MR) is 44.3 cm³/mol. The number of pyridine rings is 1. The van der Waals surface area contributed by atoms with Crippen LogP contribution in [0.15, 0.2) is 12.3 Å². The molecule has 0 aliphatic heterocycles. The largest absolute Gasteiger partial charge is 0.326 e. The van der Waals surface area contributed by atoms with Gasteiger partial charge in [-0.25, -0.2) is 9.37 Å². The lowest BCUT2D eigenvalue weighted by molar-refractivity contribution is 0.604. The van der Waals surface area contributed by atoms with E-state index in [0.717, 1.165) is 6.20 Å². The molecular formula is C6H7Cl2FN2. The molecule has 0 atom stereocenters.